The first-order valence-corrected chi connectivity index (χ1v) is 6.96. The minimum atomic E-state index is -0.201. The Morgan fingerprint density at radius 2 is 1.90 bits per heavy atom. The van der Waals surface area contributed by atoms with Gasteiger partial charge < -0.3 is 9.47 Å². The van der Waals surface area contributed by atoms with Crippen molar-refractivity contribution in [1.82, 2.24) is 0 Å². The third kappa shape index (κ3) is 3.98. The molecule has 0 saturated carbocycles. The van der Waals surface area contributed by atoms with Crippen molar-refractivity contribution >= 4 is 16.7 Å². The molecule has 0 aromatic heterocycles. The number of carbonyl (C=O) groups is 1. The number of hydrogen-bond acceptors (Lipinski definition) is 3. The van der Waals surface area contributed by atoms with E-state index >= 15 is 0 Å². The van der Waals surface area contributed by atoms with Crippen LogP contribution in [0.5, 0.6) is 5.75 Å². The molecule has 2 rings (SSSR count). The Bertz CT molecular complexity index is 561. The summed E-state index contributed by atoms with van der Waals surface area (Å²) >= 11 is 0. The van der Waals surface area contributed by atoms with E-state index in [-0.39, 0.29) is 5.97 Å². The first kappa shape index (κ1) is 16.0. The lowest BCUT2D eigenvalue weighted by atomic mass is 10.0. The minimum Gasteiger partial charge on any atom is -0.497 e. The average Bonchev–Trinajstić information content (AvgIpc) is 2.49. The number of hydrogen-bond donors (Lipinski definition) is 0. The molecular formula is C17H22O3. The van der Waals surface area contributed by atoms with Gasteiger partial charge in [0.05, 0.1) is 20.1 Å². The Morgan fingerprint density at radius 3 is 2.55 bits per heavy atom. The van der Waals surface area contributed by atoms with Crippen LogP contribution in [0.25, 0.3) is 10.8 Å². The molecule has 0 unspecified atom stereocenters. The van der Waals surface area contributed by atoms with Crippen LogP contribution < -0.4 is 4.74 Å². The molecule has 0 bridgehead atoms. The van der Waals surface area contributed by atoms with E-state index < -0.39 is 0 Å². The predicted octanol–water partition coefficient (Wildman–Crippen LogP) is 3.98. The number of methoxy groups -OCH3 is 1. The van der Waals surface area contributed by atoms with Crippen LogP contribution in [0, 0.1) is 0 Å². The van der Waals surface area contributed by atoms with E-state index in [1.807, 2.05) is 57.2 Å². The van der Waals surface area contributed by atoms with Gasteiger partial charge in [0, 0.05) is 0 Å². The highest BCUT2D eigenvalue weighted by atomic mass is 16.5. The van der Waals surface area contributed by atoms with Gasteiger partial charge in [0.15, 0.2) is 0 Å². The average molecular weight is 274 g/mol. The molecule has 0 saturated heterocycles. The van der Waals surface area contributed by atoms with Gasteiger partial charge in [-0.25, -0.2) is 0 Å². The highest BCUT2D eigenvalue weighted by Crippen LogP contribution is 2.24. The molecule has 2 aromatic carbocycles. The minimum absolute atomic E-state index is 0.201. The van der Waals surface area contributed by atoms with Crippen molar-refractivity contribution in [3.63, 3.8) is 0 Å². The lowest BCUT2D eigenvalue weighted by Crippen LogP contribution is -2.07. The van der Waals surface area contributed by atoms with Crippen LogP contribution in [0.3, 0.4) is 0 Å². The maximum absolute atomic E-state index is 11.6. The zero-order valence-corrected chi connectivity index (χ0v) is 12.6. The third-order valence-corrected chi connectivity index (χ3v) is 2.82. The molecular weight excluding hydrogens is 252 g/mol. The van der Waals surface area contributed by atoms with Crippen LogP contribution in [0.15, 0.2) is 36.4 Å². The van der Waals surface area contributed by atoms with E-state index in [1.54, 1.807) is 7.11 Å². The van der Waals surface area contributed by atoms with Crippen LogP contribution in [0.4, 0.5) is 0 Å². The summed E-state index contributed by atoms with van der Waals surface area (Å²) in [6.45, 7) is 6.22. The molecule has 3 heteroatoms. The van der Waals surface area contributed by atoms with Crippen molar-refractivity contribution < 1.29 is 14.3 Å². The summed E-state index contributed by atoms with van der Waals surface area (Å²) in [5, 5.41) is 2.13. The number of esters is 1. The van der Waals surface area contributed by atoms with Gasteiger partial charge in [0.25, 0.3) is 0 Å². The molecule has 0 N–H and O–H groups in total. The fourth-order valence-corrected chi connectivity index (χ4v) is 1.97. The van der Waals surface area contributed by atoms with E-state index in [0.717, 1.165) is 22.1 Å². The molecule has 0 amide bonds. The molecule has 0 spiro atoms. The van der Waals surface area contributed by atoms with Crippen molar-refractivity contribution in [2.75, 3.05) is 13.7 Å². The summed E-state index contributed by atoms with van der Waals surface area (Å²) in [6, 6.07) is 11.8. The van der Waals surface area contributed by atoms with E-state index in [1.165, 1.54) is 0 Å². The lowest BCUT2D eigenvalue weighted by molar-refractivity contribution is -0.142. The van der Waals surface area contributed by atoms with Crippen LogP contribution in [0.1, 0.15) is 26.3 Å². The molecule has 0 heterocycles. The van der Waals surface area contributed by atoms with Crippen LogP contribution in [-0.4, -0.2) is 19.7 Å². The topological polar surface area (TPSA) is 35.5 Å². The summed E-state index contributed by atoms with van der Waals surface area (Å²) < 4.78 is 10.2. The summed E-state index contributed by atoms with van der Waals surface area (Å²) in [5.41, 5.74) is 0.963. The molecule has 0 aliphatic carbocycles. The maximum atomic E-state index is 11.6. The quantitative estimate of drug-likeness (QED) is 0.791. The van der Waals surface area contributed by atoms with Gasteiger partial charge in [0.2, 0.25) is 0 Å². The third-order valence-electron chi connectivity index (χ3n) is 2.82. The second-order valence-corrected chi connectivity index (χ2v) is 3.99. The van der Waals surface area contributed by atoms with E-state index in [2.05, 4.69) is 0 Å². The molecule has 0 aliphatic rings. The summed E-state index contributed by atoms with van der Waals surface area (Å²) in [6.07, 6.45) is 0.290. The van der Waals surface area contributed by atoms with Gasteiger partial charge in [-0.15, -0.1) is 0 Å². The van der Waals surface area contributed by atoms with Gasteiger partial charge >= 0.3 is 5.97 Å². The molecule has 108 valence electrons. The molecule has 0 atom stereocenters. The van der Waals surface area contributed by atoms with Crippen LogP contribution >= 0.6 is 0 Å². The fourth-order valence-electron chi connectivity index (χ4n) is 1.97. The van der Waals surface area contributed by atoms with Crippen molar-refractivity contribution in [3.8, 4) is 5.75 Å². The van der Waals surface area contributed by atoms with E-state index in [0.29, 0.717) is 13.0 Å². The van der Waals surface area contributed by atoms with Crippen molar-refractivity contribution in [1.29, 1.82) is 0 Å². The van der Waals surface area contributed by atoms with E-state index in [4.69, 9.17) is 9.47 Å². The van der Waals surface area contributed by atoms with Crippen molar-refractivity contribution in [3.05, 3.63) is 42.0 Å². The van der Waals surface area contributed by atoms with Crippen LogP contribution in [0.2, 0.25) is 0 Å². The maximum Gasteiger partial charge on any atom is 0.310 e. The Balaban J connectivity index is 0.000000956. The second kappa shape index (κ2) is 8.20. The van der Waals surface area contributed by atoms with Gasteiger partial charge in [0.1, 0.15) is 5.75 Å². The first-order chi connectivity index (χ1) is 9.74. The fraction of sp³-hybridized carbons (Fsp3) is 0.353. The number of rotatable bonds is 4. The zero-order valence-electron chi connectivity index (χ0n) is 12.6. The number of carbonyl (C=O) groups excluding carboxylic acids is 1. The molecule has 0 aliphatic heterocycles. The van der Waals surface area contributed by atoms with Crippen molar-refractivity contribution in [2.24, 2.45) is 0 Å². The summed E-state index contributed by atoms with van der Waals surface area (Å²) in [5.74, 6) is 0.589. The molecule has 0 radical (unpaired) electrons. The smallest absolute Gasteiger partial charge is 0.310 e. The standard InChI is InChI=1S/C15H16O3.C2H6/c1-3-18-15(16)9-12-6-4-5-11-7-8-13(17-2)10-14(11)12;1-2/h4-8,10H,3,9H2,1-2H3;1-2H3. The largest absolute Gasteiger partial charge is 0.497 e. The zero-order chi connectivity index (χ0) is 15.0. The molecule has 3 nitrogen and oxygen atoms in total. The monoisotopic (exact) mass is 274 g/mol. The van der Waals surface area contributed by atoms with Crippen molar-refractivity contribution in [2.45, 2.75) is 27.2 Å². The Morgan fingerprint density at radius 1 is 1.15 bits per heavy atom. The first-order valence-electron chi connectivity index (χ1n) is 6.96. The number of benzene rings is 2. The van der Waals surface area contributed by atoms with Gasteiger partial charge in [-0.1, -0.05) is 38.1 Å². The van der Waals surface area contributed by atoms with E-state index in [9.17, 15) is 4.79 Å². The highest BCUT2D eigenvalue weighted by molar-refractivity contribution is 5.90. The Hall–Kier alpha value is -2.03. The molecule has 20 heavy (non-hydrogen) atoms. The number of fused-ring (bicyclic) bond motifs is 1. The molecule has 2 aromatic rings. The normalized spacial score (nSPS) is 9.60. The van der Waals surface area contributed by atoms with Crippen LogP contribution in [-0.2, 0) is 16.0 Å². The van der Waals surface area contributed by atoms with Gasteiger partial charge in [-0.05, 0) is 35.4 Å². The predicted molar refractivity (Wildman–Crippen MR) is 82.2 cm³/mol. The molecule has 0 fully saturated rings. The summed E-state index contributed by atoms with van der Waals surface area (Å²) in [4.78, 5) is 11.6. The summed E-state index contributed by atoms with van der Waals surface area (Å²) in [7, 11) is 1.63. The number of ether oxygens (including phenoxy) is 2. The Labute approximate surface area is 120 Å². The SMILES string of the molecule is CC.CCOC(=O)Cc1cccc2ccc(OC)cc12. The van der Waals surface area contributed by atoms with Gasteiger partial charge in [-0.3, -0.25) is 4.79 Å². The second-order valence-electron chi connectivity index (χ2n) is 3.99. The van der Waals surface area contributed by atoms with Gasteiger partial charge in [-0.2, -0.15) is 0 Å². The Kier molecular flexibility index (Phi) is 6.57. The highest BCUT2D eigenvalue weighted by Gasteiger charge is 2.08. The lowest BCUT2D eigenvalue weighted by Gasteiger charge is -2.08.